The molecular formula is C28H29Cl2O5P. The normalized spacial score (nSPS) is 13.1. The molecule has 0 bridgehead atoms. The first-order chi connectivity index (χ1) is 16.8. The first-order valence-corrected chi connectivity index (χ1v) is 13.7. The number of carbonyl (C=O) groups is 2. The molecule has 0 saturated carbocycles. The van der Waals surface area contributed by atoms with Gasteiger partial charge < -0.3 is 14.0 Å². The zero-order valence-corrected chi connectivity index (χ0v) is 23.8. The van der Waals surface area contributed by atoms with Crippen LogP contribution in [0.15, 0.2) is 48.5 Å². The lowest BCUT2D eigenvalue weighted by Crippen LogP contribution is -2.23. The third kappa shape index (κ3) is 4.85. The molecule has 5 nitrogen and oxygen atoms in total. The van der Waals surface area contributed by atoms with Crippen LogP contribution in [-0.4, -0.2) is 25.3 Å². The lowest BCUT2D eigenvalue weighted by Gasteiger charge is -2.24. The van der Waals surface area contributed by atoms with Gasteiger partial charge in [0.1, 0.15) is 5.56 Å². The minimum Gasteiger partial charge on any atom is -0.494 e. The molecule has 1 atom stereocenters. The van der Waals surface area contributed by atoms with Crippen molar-refractivity contribution in [2.24, 2.45) is 0 Å². The van der Waals surface area contributed by atoms with Crippen molar-refractivity contribution in [3.63, 3.8) is 0 Å². The topological polar surface area (TPSA) is 69.7 Å². The van der Waals surface area contributed by atoms with Gasteiger partial charge in [0.25, 0.3) is 0 Å². The van der Waals surface area contributed by atoms with E-state index in [2.05, 4.69) is 20.8 Å². The van der Waals surface area contributed by atoms with Crippen molar-refractivity contribution in [1.29, 1.82) is 0 Å². The maximum Gasteiger partial charge on any atom is 0.249 e. The van der Waals surface area contributed by atoms with E-state index in [0.29, 0.717) is 11.1 Å². The predicted octanol–water partition coefficient (Wildman–Crippen LogP) is 7.59. The fourth-order valence-electron chi connectivity index (χ4n) is 4.19. The number of rotatable bonds is 7. The van der Waals surface area contributed by atoms with Crippen LogP contribution in [0.2, 0.25) is 10.0 Å². The summed E-state index contributed by atoms with van der Waals surface area (Å²) in [5, 5.41) is 0.153. The SMILES string of the molecule is COc1c(Cl)cc(Cl)c(OC)c1C(=O)P(=O)(C(=O)c1c(C)cc(C(C)(C)C)cc1C)c1ccccc1. The highest BCUT2D eigenvalue weighted by atomic mass is 35.5. The molecule has 1 unspecified atom stereocenters. The van der Waals surface area contributed by atoms with E-state index in [1.807, 2.05) is 12.1 Å². The highest BCUT2D eigenvalue weighted by molar-refractivity contribution is 8.01. The van der Waals surface area contributed by atoms with Crippen LogP contribution in [-0.2, 0) is 9.98 Å². The van der Waals surface area contributed by atoms with E-state index in [9.17, 15) is 14.2 Å². The zero-order chi connectivity index (χ0) is 27.0. The third-order valence-electron chi connectivity index (χ3n) is 6.07. The molecule has 0 amide bonds. The van der Waals surface area contributed by atoms with Gasteiger partial charge in [-0.25, -0.2) is 0 Å². The van der Waals surface area contributed by atoms with E-state index in [1.165, 1.54) is 32.4 Å². The molecule has 3 aromatic rings. The van der Waals surface area contributed by atoms with Crippen LogP contribution in [0.4, 0.5) is 0 Å². The Morgan fingerprint density at radius 2 is 1.22 bits per heavy atom. The standard InChI is InChI=1S/C28H29Cl2O5P/c1-16-13-18(28(3,4)5)14-17(2)22(16)26(31)36(33,19-11-9-8-10-12-19)27(32)23-24(34-6)20(29)15-21(30)25(23)35-7/h8-15H,1-7H3. The quantitative estimate of drug-likeness (QED) is 0.285. The number of hydrogen-bond acceptors (Lipinski definition) is 5. The molecular weight excluding hydrogens is 518 g/mol. The second-order valence-electron chi connectivity index (χ2n) is 9.57. The van der Waals surface area contributed by atoms with Gasteiger partial charge in [-0.2, -0.15) is 0 Å². The summed E-state index contributed by atoms with van der Waals surface area (Å²) < 4.78 is 25.6. The molecule has 8 heteroatoms. The second-order valence-corrected chi connectivity index (χ2v) is 12.9. The van der Waals surface area contributed by atoms with Gasteiger partial charge in [-0.05, 0) is 42.0 Å². The van der Waals surface area contributed by atoms with Crippen LogP contribution in [0.25, 0.3) is 0 Å². The van der Waals surface area contributed by atoms with Gasteiger partial charge in [-0.1, -0.05) is 86.4 Å². The monoisotopic (exact) mass is 546 g/mol. The Bertz CT molecular complexity index is 1340. The van der Waals surface area contributed by atoms with E-state index in [-0.39, 0.29) is 43.4 Å². The van der Waals surface area contributed by atoms with Crippen molar-refractivity contribution in [3.8, 4) is 11.5 Å². The number of halogens is 2. The molecule has 36 heavy (non-hydrogen) atoms. The molecule has 0 aliphatic heterocycles. The van der Waals surface area contributed by atoms with E-state index in [1.54, 1.807) is 32.0 Å². The lowest BCUT2D eigenvalue weighted by molar-refractivity contribution is 0.103. The molecule has 0 aromatic heterocycles. The zero-order valence-electron chi connectivity index (χ0n) is 21.4. The number of aryl methyl sites for hydroxylation is 2. The minimum atomic E-state index is -4.48. The Morgan fingerprint density at radius 3 is 1.64 bits per heavy atom. The van der Waals surface area contributed by atoms with Crippen LogP contribution in [0.5, 0.6) is 11.5 Å². The van der Waals surface area contributed by atoms with Crippen molar-refractivity contribution >= 4 is 46.7 Å². The van der Waals surface area contributed by atoms with E-state index < -0.39 is 18.2 Å². The van der Waals surface area contributed by atoms with Gasteiger partial charge in [0.2, 0.25) is 18.2 Å². The maximum atomic E-state index is 14.9. The van der Waals surface area contributed by atoms with Gasteiger partial charge in [0, 0.05) is 10.9 Å². The van der Waals surface area contributed by atoms with Crippen LogP contribution < -0.4 is 14.8 Å². The van der Waals surface area contributed by atoms with Gasteiger partial charge in [-0.3, -0.25) is 9.59 Å². The van der Waals surface area contributed by atoms with Gasteiger partial charge in [-0.15, -0.1) is 0 Å². The Morgan fingerprint density at radius 1 is 0.778 bits per heavy atom. The molecule has 0 N–H and O–H groups in total. The summed E-state index contributed by atoms with van der Waals surface area (Å²) in [6.07, 6.45) is 0. The molecule has 0 heterocycles. The third-order valence-corrected chi connectivity index (χ3v) is 9.25. The summed E-state index contributed by atoms with van der Waals surface area (Å²) in [5.41, 5.74) is 0.418. The van der Waals surface area contributed by atoms with Crippen molar-refractivity contribution in [2.75, 3.05) is 14.2 Å². The van der Waals surface area contributed by atoms with Crippen molar-refractivity contribution in [1.82, 2.24) is 0 Å². The summed E-state index contributed by atoms with van der Waals surface area (Å²) in [6, 6.07) is 13.2. The fraction of sp³-hybridized carbons (Fsp3) is 0.286. The van der Waals surface area contributed by atoms with Crippen LogP contribution in [0.1, 0.15) is 58.2 Å². The molecule has 3 aromatic carbocycles. The highest BCUT2D eigenvalue weighted by Gasteiger charge is 2.46. The average Bonchev–Trinajstić information content (AvgIpc) is 2.82. The van der Waals surface area contributed by atoms with Gasteiger partial charge in [0.15, 0.2) is 11.5 Å². The Labute approximate surface area is 222 Å². The number of hydrogen-bond donors (Lipinski definition) is 0. The van der Waals surface area contributed by atoms with Gasteiger partial charge >= 0.3 is 0 Å². The Balaban J connectivity index is 2.37. The first-order valence-electron chi connectivity index (χ1n) is 11.3. The molecule has 0 fully saturated rings. The summed E-state index contributed by atoms with van der Waals surface area (Å²) in [5.74, 6) is -0.133. The first kappa shape index (κ1) is 28.0. The molecule has 0 spiro atoms. The largest absolute Gasteiger partial charge is 0.494 e. The number of methoxy groups -OCH3 is 2. The van der Waals surface area contributed by atoms with Crippen LogP contribution in [0.3, 0.4) is 0 Å². The maximum absolute atomic E-state index is 14.9. The van der Waals surface area contributed by atoms with Crippen molar-refractivity contribution in [2.45, 2.75) is 40.0 Å². The molecule has 0 radical (unpaired) electrons. The Hall–Kier alpha value is -2.59. The number of carbonyl (C=O) groups excluding carboxylic acids is 2. The summed E-state index contributed by atoms with van der Waals surface area (Å²) in [7, 11) is -1.84. The molecule has 0 saturated heterocycles. The van der Waals surface area contributed by atoms with E-state index >= 15 is 0 Å². The number of ether oxygens (including phenoxy) is 2. The van der Waals surface area contributed by atoms with Crippen LogP contribution in [0, 0.1) is 13.8 Å². The number of benzene rings is 3. The van der Waals surface area contributed by atoms with E-state index in [4.69, 9.17) is 32.7 Å². The molecule has 3 rings (SSSR count). The summed E-state index contributed by atoms with van der Waals surface area (Å²) >= 11 is 12.6. The average molecular weight is 547 g/mol. The lowest BCUT2D eigenvalue weighted by atomic mass is 9.84. The molecule has 0 aliphatic rings. The minimum absolute atomic E-state index is 0.0283. The van der Waals surface area contributed by atoms with Crippen LogP contribution >= 0.6 is 30.3 Å². The smallest absolute Gasteiger partial charge is 0.249 e. The van der Waals surface area contributed by atoms with E-state index in [0.717, 1.165) is 5.56 Å². The van der Waals surface area contributed by atoms with Gasteiger partial charge in [0.05, 0.1) is 24.3 Å². The Kier molecular flexibility index (Phi) is 8.10. The summed E-state index contributed by atoms with van der Waals surface area (Å²) in [6.45, 7) is 9.78. The fourth-order valence-corrected chi connectivity index (χ4v) is 7.24. The van der Waals surface area contributed by atoms with Crippen molar-refractivity contribution in [3.05, 3.63) is 86.4 Å². The highest BCUT2D eigenvalue weighted by Crippen LogP contribution is 2.56. The second kappa shape index (κ2) is 10.4. The van der Waals surface area contributed by atoms with Crippen molar-refractivity contribution < 1.29 is 23.6 Å². The molecule has 190 valence electrons. The summed E-state index contributed by atoms with van der Waals surface area (Å²) in [4.78, 5) is 28.5. The predicted molar refractivity (Wildman–Crippen MR) is 147 cm³/mol. The molecule has 0 aliphatic carbocycles.